The fourth-order valence-electron chi connectivity index (χ4n) is 1.21. The fraction of sp³-hybridized carbons (Fsp3) is 0.417. The quantitative estimate of drug-likeness (QED) is 0.853. The van der Waals surface area contributed by atoms with Crippen LogP contribution in [-0.4, -0.2) is 12.5 Å². The Balaban J connectivity index is 2.78. The zero-order valence-corrected chi connectivity index (χ0v) is 11.5. The van der Waals surface area contributed by atoms with Crippen molar-refractivity contribution in [1.82, 2.24) is 5.32 Å². The first-order valence-corrected chi connectivity index (χ1v) is 6.13. The summed E-state index contributed by atoms with van der Waals surface area (Å²) in [6.45, 7) is 6.91. The van der Waals surface area contributed by atoms with Crippen molar-refractivity contribution in [3.8, 4) is 0 Å². The van der Waals surface area contributed by atoms with Crippen molar-refractivity contribution in [3.05, 3.63) is 32.9 Å². The lowest BCUT2D eigenvalue weighted by molar-refractivity contribution is 0.0948. The number of halogens is 1. The zero-order chi connectivity index (χ0) is 11.4. The molecule has 0 saturated carbocycles. The molecule has 82 valence electrons. The molecule has 0 fully saturated rings. The van der Waals surface area contributed by atoms with Gasteiger partial charge in [0, 0.05) is 10.1 Å². The first-order valence-electron chi connectivity index (χ1n) is 5.05. The summed E-state index contributed by atoms with van der Waals surface area (Å²) in [6, 6.07) is 5.80. The van der Waals surface area contributed by atoms with Crippen molar-refractivity contribution >= 4 is 28.5 Å². The molecule has 1 amide bonds. The van der Waals surface area contributed by atoms with E-state index in [1.807, 2.05) is 25.1 Å². The van der Waals surface area contributed by atoms with Crippen LogP contribution in [0.4, 0.5) is 0 Å². The third kappa shape index (κ3) is 3.48. The Labute approximate surface area is 105 Å². The number of amides is 1. The molecule has 1 N–H and O–H groups in total. The van der Waals surface area contributed by atoms with Crippen molar-refractivity contribution in [2.24, 2.45) is 5.92 Å². The number of nitrogens with one attached hydrogen (secondary N) is 1. The van der Waals surface area contributed by atoms with E-state index in [4.69, 9.17) is 0 Å². The van der Waals surface area contributed by atoms with Gasteiger partial charge < -0.3 is 5.32 Å². The van der Waals surface area contributed by atoms with Crippen molar-refractivity contribution < 1.29 is 4.79 Å². The lowest BCUT2D eigenvalue weighted by atomic mass is 10.1. The summed E-state index contributed by atoms with van der Waals surface area (Å²) in [5.41, 5.74) is 1.92. The van der Waals surface area contributed by atoms with Gasteiger partial charge in [-0.05, 0) is 47.1 Å². The molecule has 0 aliphatic carbocycles. The van der Waals surface area contributed by atoms with Crippen molar-refractivity contribution in [1.29, 1.82) is 0 Å². The molecule has 0 spiro atoms. The van der Waals surface area contributed by atoms with Gasteiger partial charge in [-0.15, -0.1) is 0 Å². The molecule has 0 heterocycles. The molecule has 0 radical (unpaired) electrons. The van der Waals surface area contributed by atoms with Gasteiger partial charge in [-0.1, -0.05) is 26.0 Å². The second-order valence-electron chi connectivity index (χ2n) is 4.04. The van der Waals surface area contributed by atoms with Crippen LogP contribution in [0.2, 0.25) is 0 Å². The van der Waals surface area contributed by atoms with Gasteiger partial charge in [-0.25, -0.2) is 0 Å². The number of benzene rings is 1. The Morgan fingerprint density at radius 1 is 1.47 bits per heavy atom. The van der Waals surface area contributed by atoms with Crippen LogP contribution in [0.25, 0.3) is 0 Å². The number of aryl methyl sites for hydroxylation is 1. The minimum absolute atomic E-state index is 0.0248. The Hall–Kier alpha value is -0.580. The van der Waals surface area contributed by atoms with Crippen LogP contribution in [0.3, 0.4) is 0 Å². The second kappa shape index (κ2) is 5.49. The van der Waals surface area contributed by atoms with Crippen LogP contribution in [-0.2, 0) is 0 Å². The maximum Gasteiger partial charge on any atom is 0.252 e. The highest BCUT2D eigenvalue weighted by Crippen LogP contribution is 2.16. The normalized spacial score (nSPS) is 10.5. The maximum absolute atomic E-state index is 11.8. The molecule has 0 aliphatic heterocycles. The summed E-state index contributed by atoms with van der Waals surface area (Å²) in [4.78, 5) is 11.8. The molecular weight excluding hydrogens is 301 g/mol. The van der Waals surface area contributed by atoms with Gasteiger partial charge in [0.15, 0.2) is 0 Å². The van der Waals surface area contributed by atoms with Gasteiger partial charge in [-0.3, -0.25) is 4.79 Å². The van der Waals surface area contributed by atoms with E-state index in [1.54, 1.807) is 0 Å². The summed E-state index contributed by atoms with van der Waals surface area (Å²) in [7, 11) is 0. The number of rotatable bonds is 3. The Kier molecular flexibility index (Phi) is 4.57. The average Bonchev–Trinajstić information content (AvgIpc) is 2.18. The van der Waals surface area contributed by atoms with E-state index in [0.717, 1.165) is 21.2 Å². The number of carbonyl (C=O) groups excluding carboxylic acids is 1. The highest BCUT2D eigenvalue weighted by atomic mass is 127. The minimum atomic E-state index is 0.0248. The Morgan fingerprint density at radius 2 is 2.13 bits per heavy atom. The molecule has 15 heavy (non-hydrogen) atoms. The Bertz CT molecular complexity index is 361. The van der Waals surface area contributed by atoms with E-state index >= 15 is 0 Å². The van der Waals surface area contributed by atoms with Crippen LogP contribution < -0.4 is 5.32 Å². The molecule has 0 saturated heterocycles. The highest BCUT2D eigenvalue weighted by Gasteiger charge is 2.10. The molecular formula is C12H16INO. The summed E-state index contributed by atoms with van der Waals surface area (Å²) in [5.74, 6) is 0.508. The van der Waals surface area contributed by atoms with Crippen LogP contribution in [0, 0.1) is 16.4 Å². The standard InChI is InChI=1S/C12H16INO/c1-8(2)7-14-12(15)10-6-4-5-9(3)11(10)13/h4-6,8H,7H2,1-3H3,(H,14,15). The van der Waals surface area contributed by atoms with Gasteiger partial charge in [0.1, 0.15) is 0 Å². The van der Waals surface area contributed by atoms with Gasteiger partial charge in [0.25, 0.3) is 5.91 Å². The van der Waals surface area contributed by atoms with Crippen LogP contribution in [0.5, 0.6) is 0 Å². The molecule has 0 aliphatic rings. The van der Waals surface area contributed by atoms with Crippen LogP contribution in [0.15, 0.2) is 18.2 Å². The molecule has 0 bridgehead atoms. The van der Waals surface area contributed by atoms with Crippen molar-refractivity contribution in [3.63, 3.8) is 0 Å². The SMILES string of the molecule is Cc1cccc(C(=O)NCC(C)C)c1I. The second-order valence-corrected chi connectivity index (χ2v) is 5.12. The number of hydrogen-bond acceptors (Lipinski definition) is 1. The predicted octanol–water partition coefficient (Wildman–Crippen LogP) is 2.99. The Morgan fingerprint density at radius 3 is 2.73 bits per heavy atom. The fourth-order valence-corrected chi connectivity index (χ4v) is 1.82. The van der Waals surface area contributed by atoms with Crippen molar-refractivity contribution in [2.45, 2.75) is 20.8 Å². The largest absolute Gasteiger partial charge is 0.352 e. The molecule has 0 aromatic heterocycles. The third-order valence-corrected chi connectivity index (χ3v) is 3.54. The van der Waals surface area contributed by atoms with E-state index in [2.05, 4.69) is 41.8 Å². The lowest BCUT2D eigenvalue weighted by Gasteiger charge is -2.09. The minimum Gasteiger partial charge on any atom is -0.352 e. The van der Waals surface area contributed by atoms with E-state index in [-0.39, 0.29) is 5.91 Å². The van der Waals surface area contributed by atoms with E-state index in [0.29, 0.717) is 5.92 Å². The van der Waals surface area contributed by atoms with Crippen LogP contribution >= 0.6 is 22.6 Å². The third-order valence-electron chi connectivity index (χ3n) is 2.11. The van der Waals surface area contributed by atoms with E-state index in [9.17, 15) is 4.79 Å². The zero-order valence-electron chi connectivity index (χ0n) is 9.30. The molecule has 2 nitrogen and oxygen atoms in total. The number of hydrogen-bond donors (Lipinski definition) is 1. The van der Waals surface area contributed by atoms with Crippen molar-refractivity contribution in [2.75, 3.05) is 6.54 Å². The topological polar surface area (TPSA) is 29.1 Å². The smallest absolute Gasteiger partial charge is 0.252 e. The molecule has 1 rings (SSSR count). The molecule has 1 aromatic rings. The molecule has 3 heteroatoms. The van der Waals surface area contributed by atoms with Gasteiger partial charge in [0.2, 0.25) is 0 Å². The van der Waals surface area contributed by atoms with Crippen LogP contribution in [0.1, 0.15) is 29.8 Å². The number of carbonyl (C=O) groups is 1. The summed E-state index contributed by atoms with van der Waals surface area (Å²) < 4.78 is 1.04. The van der Waals surface area contributed by atoms with E-state index < -0.39 is 0 Å². The van der Waals surface area contributed by atoms with Gasteiger partial charge in [0.05, 0.1) is 5.56 Å². The summed E-state index contributed by atoms with van der Waals surface area (Å²) >= 11 is 2.22. The summed E-state index contributed by atoms with van der Waals surface area (Å²) in [6.07, 6.45) is 0. The van der Waals surface area contributed by atoms with E-state index in [1.165, 1.54) is 0 Å². The van der Waals surface area contributed by atoms with Gasteiger partial charge >= 0.3 is 0 Å². The van der Waals surface area contributed by atoms with Gasteiger partial charge in [-0.2, -0.15) is 0 Å². The predicted molar refractivity (Wildman–Crippen MR) is 71.1 cm³/mol. The molecule has 1 aromatic carbocycles. The summed E-state index contributed by atoms with van der Waals surface area (Å²) in [5, 5.41) is 2.92. The monoisotopic (exact) mass is 317 g/mol. The first-order chi connectivity index (χ1) is 7.02. The first kappa shape index (κ1) is 12.5. The average molecular weight is 317 g/mol. The lowest BCUT2D eigenvalue weighted by Crippen LogP contribution is -2.28. The molecule has 0 unspecified atom stereocenters. The highest BCUT2D eigenvalue weighted by molar-refractivity contribution is 14.1. The molecule has 0 atom stereocenters. The maximum atomic E-state index is 11.8.